The topological polar surface area (TPSA) is 73.1 Å². The quantitative estimate of drug-likeness (QED) is 0.186. The Labute approximate surface area is 211 Å². The van der Waals surface area contributed by atoms with Gasteiger partial charge in [-0.25, -0.2) is 5.43 Å². The molecule has 1 amide bonds. The van der Waals surface area contributed by atoms with E-state index in [0.717, 1.165) is 15.4 Å². The molecule has 0 aliphatic rings. The molecule has 1 N–H and O–H groups in total. The van der Waals surface area contributed by atoms with E-state index in [9.17, 15) is 4.79 Å². The molecule has 0 aliphatic heterocycles. The molecule has 0 saturated carbocycles. The Bertz CT molecular complexity index is 1340. The lowest BCUT2D eigenvalue weighted by atomic mass is 10.2. The van der Waals surface area contributed by atoms with Crippen LogP contribution in [0.2, 0.25) is 5.02 Å². The third-order valence-electron chi connectivity index (χ3n) is 4.63. The van der Waals surface area contributed by atoms with Crippen molar-refractivity contribution in [1.29, 1.82) is 0 Å². The number of nitrogens with zero attached hydrogens (tertiary/aromatic N) is 1. The van der Waals surface area contributed by atoms with Gasteiger partial charge in [0.1, 0.15) is 12.2 Å². The van der Waals surface area contributed by atoms with Crippen molar-refractivity contribution < 1.29 is 18.7 Å². The number of carbonyl (C=O) groups is 1. The van der Waals surface area contributed by atoms with Crippen molar-refractivity contribution in [2.75, 3.05) is 7.11 Å². The SMILES string of the molecule is COc1cc(/C=N/NC(=O)c2cc3cc(Br)ccc3o2)cc(Br)c1OCc1ccc(Cl)cc1. The lowest BCUT2D eigenvalue weighted by molar-refractivity contribution is 0.0929. The van der Waals surface area contributed by atoms with Crippen molar-refractivity contribution in [2.24, 2.45) is 5.10 Å². The Balaban J connectivity index is 1.44. The summed E-state index contributed by atoms with van der Waals surface area (Å²) in [5.74, 6) is 0.800. The number of hydrogen-bond donors (Lipinski definition) is 1. The number of amides is 1. The van der Waals surface area contributed by atoms with E-state index >= 15 is 0 Å². The van der Waals surface area contributed by atoms with Crippen LogP contribution in [0.1, 0.15) is 21.7 Å². The molecule has 0 spiro atoms. The highest BCUT2D eigenvalue weighted by Crippen LogP contribution is 2.37. The number of ether oxygens (including phenoxy) is 2. The minimum atomic E-state index is -0.451. The highest BCUT2D eigenvalue weighted by molar-refractivity contribution is 9.10. The second-order valence-corrected chi connectivity index (χ2v) is 9.15. The molecule has 4 aromatic rings. The van der Waals surface area contributed by atoms with Gasteiger partial charge in [-0.1, -0.05) is 39.7 Å². The number of nitrogens with one attached hydrogen (secondary N) is 1. The predicted octanol–water partition coefficient (Wildman–Crippen LogP) is 6.96. The lowest BCUT2D eigenvalue weighted by Gasteiger charge is -2.13. The van der Waals surface area contributed by atoms with Crippen LogP contribution in [-0.4, -0.2) is 19.2 Å². The molecule has 33 heavy (non-hydrogen) atoms. The number of fused-ring (bicyclic) bond motifs is 1. The van der Waals surface area contributed by atoms with Crippen LogP contribution in [0, 0.1) is 0 Å². The number of hydrogen-bond acceptors (Lipinski definition) is 5. The highest BCUT2D eigenvalue weighted by atomic mass is 79.9. The van der Waals surface area contributed by atoms with Gasteiger partial charge in [0.25, 0.3) is 0 Å². The van der Waals surface area contributed by atoms with Crippen molar-refractivity contribution >= 4 is 66.6 Å². The lowest BCUT2D eigenvalue weighted by Crippen LogP contribution is -2.16. The Morgan fingerprint density at radius 2 is 1.91 bits per heavy atom. The summed E-state index contributed by atoms with van der Waals surface area (Å²) in [6.07, 6.45) is 1.51. The fourth-order valence-corrected chi connectivity index (χ4v) is 4.12. The minimum Gasteiger partial charge on any atom is -0.493 e. The van der Waals surface area contributed by atoms with Crippen LogP contribution < -0.4 is 14.9 Å². The fourth-order valence-electron chi connectivity index (χ4n) is 3.04. The Morgan fingerprint density at radius 3 is 2.67 bits per heavy atom. The molecule has 3 aromatic carbocycles. The van der Waals surface area contributed by atoms with E-state index < -0.39 is 5.91 Å². The van der Waals surface area contributed by atoms with Gasteiger partial charge in [-0.2, -0.15) is 5.10 Å². The average Bonchev–Trinajstić information content (AvgIpc) is 3.22. The van der Waals surface area contributed by atoms with Gasteiger partial charge >= 0.3 is 5.91 Å². The largest absolute Gasteiger partial charge is 0.493 e. The molecule has 0 atom stereocenters. The van der Waals surface area contributed by atoms with Crippen molar-refractivity contribution in [1.82, 2.24) is 5.43 Å². The molecule has 0 unspecified atom stereocenters. The van der Waals surface area contributed by atoms with Crippen LogP contribution in [0.4, 0.5) is 0 Å². The summed E-state index contributed by atoms with van der Waals surface area (Å²) in [5.41, 5.74) is 4.77. The molecule has 0 aliphatic carbocycles. The van der Waals surface area contributed by atoms with E-state index in [1.807, 2.05) is 42.5 Å². The summed E-state index contributed by atoms with van der Waals surface area (Å²) >= 11 is 12.8. The summed E-state index contributed by atoms with van der Waals surface area (Å²) in [5, 5.41) is 5.52. The standard InChI is InChI=1S/C24H17Br2ClN2O4/c1-31-21-9-15(8-19(26)23(21)32-13-14-2-5-18(27)6-3-14)12-28-29-24(30)22-11-16-10-17(25)4-7-20(16)33-22/h2-12H,13H2,1H3,(H,29,30)/b28-12+. The van der Waals surface area contributed by atoms with Gasteiger partial charge < -0.3 is 13.9 Å². The maximum atomic E-state index is 12.4. The molecule has 0 bridgehead atoms. The molecule has 168 valence electrons. The first-order valence-electron chi connectivity index (χ1n) is 9.70. The van der Waals surface area contributed by atoms with Crippen LogP contribution in [0.5, 0.6) is 11.5 Å². The summed E-state index contributed by atoms with van der Waals surface area (Å²) in [4.78, 5) is 12.4. The van der Waals surface area contributed by atoms with Crippen LogP contribution in [0.15, 0.2) is 79.1 Å². The second kappa shape index (κ2) is 10.4. The number of hydrazone groups is 1. The van der Waals surface area contributed by atoms with E-state index in [-0.39, 0.29) is 5.76 Å². The van der Waals surface area contributed by atoms with Gasteiger partial charge in [-0.05, 0) is 75.6 Å². The van der Waals surface area contributed by atoms with Gasteiger partial charge in [0, 0.05) is 14.9 Å². The Kier molecular flexibility index (Phi) is 7.37. The smallest absolute Gasteiger partial charge is 0.307 e. The van der Waals surface area contributed by atoms with Crippen LogP contribution in [0.25, 0.3) is 11.0 Å². The average molecular weight is 593 g/mol. The molecular formula is C24H17Br2ClN2O4. The zero-order valence-corrected chi connectivity index (χ0v) is 21.2. The van der Waals surface area contributed by atoms with E-state index in [1.54, 1.807) is 25.3 Å². The fraction of sp³-hybridized carbons (Fsp3) is 0.0833. The summed E-state index contributed by atoms with van der Waals surface area (Å²) in [6.45, 7) is 0.351. The van der Waals surface area contributed by atoms with Gasteiger partial charge in [-0.3, -0.25) is 4.79 Å². The van der Waals surface area contributed by atoms with Crippen molar-refractivity contribution in [3.8, 4) is 11.5 Å². The summed E-state index contributed by atoms with van der Waals surface area (Å²) < 4.78 is 18.6. The van der Waals surface area contributed by atoms with Crippen LogP contribution >= 0.6 is 43.5 Å². The molecule has 9 heteroatoms. The van der Waals surface area contributed by atoms with Gasteiger partial charge in [0.05, 0.1) is 17.8 Å². The second-order valence-electron chi connectivity index (χ2n) is 6.94. The third-order valence-corrected chi connectivity index (χ3v) is 5.96. The summed E-state index contributed by atoms with van der Waals surface area (Å²) in [6, 6.07) is 18.2. The van der Waals surface area contributed by atoms with Crippen molar-refractivity contribution in [3.63, 3.8) is 0 Å². The number of carbonyl (C=O) groups excluding carboxylic acids is 1. The van der Waals surface area contributed by atoms with E-state index in [2.05, 4.69) is 42.4 Å². The van der Waals surface area contributed by atoms with E-state index in [0.29, 0.717) is 38.7 Å². The van der Waals surface area contributed by atoms with Gasteiger partial charge in [0.2, 0.25) is 0 Å². The summed E-state index contributed by atoms with van der Waals surface area (Å²) in [7, 11) is 1.56. The molecule has 1 aromatic heterocycles. The molecule has 0 radical (unpaired) electrons. The van der Waals surface area contributed by atoms with Crippen LogP contribution in [-0.2, 0) is 6.61 Å². The van der Waals surface area contributed by atoms with Crippen LogP contribution in [0.3, 0.4) is 0 Å². The first-order chi connectivity index (χ1) is 15.9. The Hall–Kier alpha value is -2.81. The zero-order valence-electron chi connectivity index (χ0n) is 17.3. The number of methoxy groups -OCH3 is 1. The number of furan rings is 1. The van der Waals surface area contributed by atoms with E-state index in [4.69, 9.17) is 25.5 Å². The third kappa shape index (κ3) is 5.76. The Morgan fingerprint density at radius 1 is 1.12 bits per heavy atom. The molecule has 0 saturated heterocycles. The normalized spacial score (nSPS) is 11.2. The molecule has 0 fully saturated rings. The van der Waals surface area contributed by atoms with Gasteiger partial charge in [0.15, 0.2) is 17.3 Å². The van der Waals surface area contributed by atoms with Crippen molar-refractivity contribution in [2.45, 2.75) is 6.61 Å². The highest BCUT2D eigenvalue weighted by Gasteiger charge is 2.13. The van der Waals surface area contributed by atoms with Gasteiger partial charge in [-0.15, -0.1) is 0 Å². The monoisotopic (exact) mass is 590 g/mol. The first kappa shape index (κ1) is 23.4. The number of rotatable bonds is 7. The molecule has 1 heterocycles. The maximum Gasteiger partial charge on any atom is 0.307 e. The first-order valence-corrected chi connectivity index (χ1v) is 11.7. The van der Waals surface area contributed by atoms with Crippen molar-refractivity contribution in [3.05, 3.63) is 91.5 Å². The maximum absolute atomic E-state index is 12.4. The number of benzene rings is 3. The number of halogens is 3. The molecule has 6 nitrogen and oxygen atoms in total. The predicted molar refractivity (Wildman–Crippen MR) is 135 cm³/mol. The molecule has 4 rings (SSSR count). The molecular weight excluding hydrogens is 576 g/mol. The zero-order chi connectivity index (χ0) is 23.4. The van der Waals surface area contributed by atoms with E-state index in [1.165, 1.54) is 6.21 Å². The minimum absolute atomic E-state index is 0.171.